The Kier molecular flexibility index (Phi) is 8.17. The molecular weight excluding hydrogens is 476 g/mol. The number of carbonyl (C=O) groups excluding carboxylic acids is 3. The van der Waals surface area contributed by atoms with E-state index in [0.717, 1.165) is 16.3 Å². The third-order valence-electron chi connectivity index (χ3n) is 6.92. The lowest BCUT2D eigenvalue weighted by molar-refractivity contribution is -0.129. The molecule has 4 rings (SSSR count). The zero-order valence-corrected chi connectivity index (χ0v) is 21.8. The summed E-state index contributed by atoms with van der Waals surface area (Å²) in [6.07, 6.45) is 5.77. The number of benzene rings is 3. The van der Waals surface area contributed by atoms with Crippen LogP contribution in [-0.2, 0) is 9.59 Å². The summed E-state index contributed by atoms with van der Waals surface area (Å²) < 4.78 is 0. The number of aliphatic imine (C=N–C) groups is 1. The van der Waals surface area contributed by atoms with Gasteiger partial charge in [-0.05, 0) is 67.4 Å². The molecule has 0 spiro atoms. The Bertz CT molecular complexity index is 1370. The van der Waals surface area contributed by atoms with Crippen LogP contribution < -0.4 is 16.4 Å². The molecule has 0 aliphatic carbocycles. The summed E-state index contributed by atoms with van der Waals surface area (Å²) in [6.45, 7) is 4.29. The van der Waals surface area contributed by atoms with Crippen molar-refractivity contribution in [1.29, 1.82) is 0 Å². The fourth-order valence-corrected chi connectivity index (χ4v) is 4.94. The van der Waals surface area contributed by atoms with Gasteiger partial charge < -0.3 is 16.4 Å². The van der Waals surface area contributed by atoms with Crippen LogP contribution in [0.2, 0.25) is 0 Å². The quantitative estimate of drug-likeness (QED) is 0.339. The van der Waals surface area contributed by atoms with Crippen molar-refractivity contribution in [2.75, 3.05) is 13.1 Å². The van der Waals surface area contributed by atoms with Crippen LogP contribution >= 0.6 is 0 Å². The van der Waals surface area contributed by atoms with Crippen molar-refractivity contribution in [3.63, 3.8) is 0 Å². The molecule has 1 aliphatic heterocycles. The van der Waals surface area contributed by atoms with Gasteiger partial charge in [0.2, 0.25) is 5.91 Å². The molecule has 1 aliphatic rings. The number of nitrogens with one attached hydrogen (secondary N) is 2. The average molecular weight is 511 g/mol. The Labute approximate surface area is 223 Å². The number of amides is 2. The van der Waals surface area contributed by atoms with Gasteiger partial charge in [-0.3, -0.25) is 19.4 Å². The number of fused-ring (bicyclic) bond motifs is 1. The molecule has 38 heavy (non-hydrogen) atoms. The van der Waals surface area contributed by atoms with Gasteiger partial charge in [0.15, 0.2) is 5.78 Å². The number of carbonyl (C=O) groups is 3. The molecule has 1 heterocycles. The Hall–Kier alpha value is -4.10. The minimum Gasteiger partial charge on any atom is -0.356 e. The maximum Gasteiger partial charge on any atom is 0.252 e. The van der Waals surface area contributed by atoms with Crippen LogP contribution in [0, 0.1) is 0 Å². The Balaban J connectivity index is 1.72. The van der Waals surface area contributed by atoms with Crippen molar-refractivity contribution in [3.8, 4) is 0 Å². The van der Waals surface area contributed by atoms with Gasteiger partial charge in [0, 0.05) is 30.7 Å². The molecule has 0 bridgehead atoms. The van der Waals surface area contributed by atoms with Gasteiger partial charge in [-0.25, -0.2) is 0 Å². The van der Waals surface area contributed by atoms with Crippen molar-refractivity contribution in [2.45, 2.75) is 43.7 Å². The predicted molar refractivity (Wildman–Crippen MR) is 151 cm³/mol. The number of allylic oxidation sites excluding steroid dienone is 1. The van der Waals surface area contributed by atoms with Crippen LogP contribution in [0.15, 0.2) is 89.9 Å². The highest BCUT2D eigenvalue weighted by atomic mass is 16.2. The van der Waals surface area contributed by atoms with E-state index >= 15 is 0 Å². The van der Waals surface area contributed by atoms with E-state index in [9.17, 15) is 14.4 Å². The zero-order chi connectivity index (χ0) is 27.2. The lowest BCUT2D eigenvalue weighted by atomic mass is 9.70. The van der Waals surface area contributed by atoms with Gasteiger partial charge in [0.25, 0.3) is 5.91 Å². The second-order valence-corrected chi connectivity index (χ2v) is 10.1. The van der Waals surface area contributed by atoms with Gasteiger partial charge in [-0.15, -0.1) is 0 Å². The molecule has 3 aromatic rings. The van der Waals surface area contributed by atoms with E-state index in [0.29, 0.717) is 25.1 Å². The second-order valence-electron chi connectivity index (χ2n) is 10.1. The summed E-state index contributed by atoms with van der Waals surface area (Å²) in [4.78, 5) is 45.1. The molecule has 0 saturated carbocycles. The molecule has 0 fully saturated rings. The molecular formula is C31H34N4O3. The van der Waals surface area contributed by atoms with E-state index in [1.807, 2.05) is 48.5 Å². The molecule has 196 valence electrons. The summed E-state index contributed by atoms with van der Waals surface area (Å²) in [5, 5.41) is 7.87. The summed E-state index contributed by atoms with van der Waals surface area (Å²) in [5.41, 5.74) is 4.22. The van der Waals surface area contributed by atoms with Crippen molar-refractivity contribution in [2.24, 2.45) is 10.7 Å². The molecule has 2 atom stereocenters. The van der Waals surface area contributed by atoms with E-state index in [1.54, 1.807) is 56.5 Å². The highest BCUT2D eigenvalue weighted by Crippen LogP contribution is 2.41. The third-order valence-corrected chi connectivity index (χ3v) is 6.92. The van der Waals surface area contributed by atoms with Crippen molar-refractivity contribution < 1.29 is 14.4 Å². The van der Waals surface area contributed by atoms with Crippen LogP contribution in [-0.4, -0.2) is 48.0 Å². The van der Waals surface area contributed by atoms with E-state index in [1.165, 1.54) is 0 Å². The molecule has 4 N–H and O–H groups in total. The topological polar surface area (TPSA) is 114 Å². The van der Waals surface area contributed by atoms with Crippen molar-refractivity contribution >= 4 is 34.6 Å². The average Bonchev–Trinajstić information content (AvgIpc) is 3.42. The summed E-state index contributed by atoms with van der Waals surface area (Å²) in [7, 11) is 0. The van der Waals surface area contributed by atoms with Gasteiger partial charge in [-0.2, -0.15) is 0 Å². The van der Waals surface area contributed by atoms with Gasteiger partial charge in [0.05, 0.1) is 5.54 Å². The summed E-state index contributed by atoms with van der Waals surface area (Å²) in [5.74, 6) is -1.44. The smallest absolute Gasteiger partial charge is 0.252 e. The fraction of sp³-hybridized carbons (Fsp3) is 0.290. The van der Waals surface area contributed by atoms with Gasteiger partial charge >= 0.3 is 0 Å². The molecule has 2 amide bonds. The maximum absolute atomic E-state index is 14.3. The van der Waals surface area contributed by atoms with Crippen LogP contribution in [0.3, 0.4) is 0 Å². The number of rotatable bonds is 11. The van der Waals surface area contributed by atoms with E-state index < -0.39 is 17.0 Å². The molecule has 7 nitrogen and oxygen atoms in total. The first-order valence-corrected chi connectivity index (χ1v) is 12.9. The maximum atomic E-state index is 14.3. The molecule has 0 aromatic heterocycles. The number of hydrogen-bond donors (Lipinski definition) is 3. The molecule has 3 aromatic carbocycles. The first kappa shape index (κ1) is 26.9. The molecule has 0 radical (unpaired) electrons. The summed E-state index contributed by atoms with van der Waals surface area (Å²) in [6, 6.07) is 22.7. The predicted octanol–water partition coefficient (Wildman–Crippen LogP) is 3.94. The van der Waals surface area contributed by atoms with Gasteiger partial charge in [0.1, 0.15) is 5.54 Å². The fourth-order valence-electron chi connectivity index (χ4n) is 4.94. The largest absolute Gasteiger partial charge is 0.356 e. The van der Waals surface area contributed by atoms with E-state index in [-0.39, 0.29) is 24.0 Å². The normalized spacial score (nSPS) is 17.3. The minimum atomic E-state index is -1.37. The number of ketones is 1. The summed E-state index contributed by atoms with van der Waals surface area (Å²) >= 11 is 0. The first-order chi connectivity index (χ1) is 18.3. The zero-order valence-electron chi connectivity index (χ0n) is 21.8. The number of Topliss-reactive ketones (excluding diaryl/α,β-unsaturated/α-hetero) is 1. The van der Waals surface area contributed by atoms with E-state index in [2.05, 4.69) is 15.6 Å². The standard InChI is InChI=1S/C31H34N4O3/c1-30(2,35-28(37)23-11-4-3-5-12-23)29(38)31(16-8-19-34-31)26(21-27(36)33-18-9-17-32)25-15-14-22-10-6-7-13-24(22)20-25/h3-8,10-16,19-20,26H,9,17-18,21,32H2,1-2H3,(H,33,36)(H,35,37). The van der Waals surface area contributed by atoms with Crippen LogP contribution in [0.5, 0.6) is 0 Å². The second kappa shape index (κ2) is 11.5. The number of nitrogens with zero attached hydrogens (tertiary/aromatic N) is 1. The van der Waals surface area contributed by atoms with E-state index in [4.69, 9.17) is 5.73 Å². The minimum absolute atomic E-state index is 0.0407. The number of hydrogen-bond acceptors (Lipinski definition) is 5. The highest BCUT2D eigenvalue weighted by molar-refractivity contribution is 6.06. The number of nitrogens with two attached hydrogens (primary N) is 1. The Morgan fingerprint density at radius 1 is 0.974 bits per heavy atom. The molecule has 2 unspecified atom stereocenters. The van der Waals surface area contributed by atoms with Gasteiger partial charge in [-0.1, -0.05) is 60.7 Å². The van der Waals surface area contributed by atoms with Crippen LogP contribution in [0.1, 0.15) is 48.5 Å². The lowest BCUT2D eigenvalue weighted by Gasteiger charge is -2.38. The molecule has 7 heteroatoms. The monoisotopic (exact) mass is 510 g/mol. The Morgan fingerprint density at radius 2 is 1.68 bits per heavy atom. The van der Waals surface area contributed by atoms with Crippen LogP contribution in [0.25, 0.3) is 10.8 Å². The van der Waals surface area contributed by atoms with Crippen molar-refractivity contribution in [1.82, 2.24) is 10.6 Å². The Morgan fingerprint density at radius 3 is 2.37 bits per heavy atom. The third kappa shape index (κ3) is 5.73. The molecule has 0 saturated heterocycles. The lowest BCUT2D eigenvalue weighted by Crippen LogP contribution is -2.59. The van der Waals surface area contributed by atoms with Crippen molar-refractivity contribution in [3.05, 3.63) is 96.1 Å². The SMILES string of the molecule is CC(C)(NC(=O)c1ccccc1)C(=O)C1(C(CC(=O)NCCCN)c2ccc3ccccc3c2)C=CC=N1. The first-order valence-electron chi connectivity index (χ1n) is 12.9. The van der Waals surface area contributed by atoms with Crippen LogP contribution in [0.4, 0.5) is 0 Å². The highest BCUT2D eigenvalue weighted by Gasteiger charge is 2.51.